The van der Waals surface area contributed by atoms with E-state index < -0.39 is 0 Å². The molecule has 16 heavy (non-hydrogen) atoms. The fraction of sp³-hybridized carbons (Fsp3) is 0.818. The van der Waals surface area contributed by atoms with E-state index in [1.807, 2.05) is 4.68 Å². The largest absolute Gasteiger partial charge is 0.325 e. The molecule has 0 aliphatic rings. The highest BCUT2D eigenvalue weighted by molar-refractivity contribution is 5.09. The number of aromatic nitrogens is 3. The first-order chi connectivity index (χ1) is 7.69. The van der Waals surface area contributed by atoms with Crippen molar-refractivity contribution in [2.24, 2.45) is 5.73 Å². The van der Waals surface area contributed by atoms with Gasteiger partial charge in [0.1, 0.15) is 0 Å². The van der Waals surface area contributed by atoms with Gasteiger partial charge in [-0.2, -0.15) is 0 Å². The van der Waals surface area contributed by atoms with Crippen LogP contribution in [0.3, 0.4) is 0 Å². The first kappa shape index (κ1) is 13.1. The highest BCUT2D eigenvalue weighted by Crippen LogP contribution is 2.08. The Labute approximate surface area is 97.6 Å². The Balaban J connectivity index is 2.60. The van der Waals surface area contributed by atoms with E-state index in [-0.39, 0.29) is 0 Å². The highest BCUT2D eigenvalue weighted by atomic mass is 15.4. The van der Waals surface area contributed by atoms with Gasteiger partial charge in [0.2, 0.25) is 0 Å². The lowest BCUT2D eigenvalue weighted by molar-refractivity contribution is 0.376. The van der Waals surface area contributed by atoms with Crippen LogP contribution >= 0.6 is 0 Å². The summed E-state index contributed by atoms with van der Waals surface area (Å²) in [6.45, 7) is 4.66. The van der Waals surface area contributed by atoms with Crippen molar-refractivity contribution < 1.29 is 0 Å². The maximum absolute atomic E-state index is 5.65. The molecular weight excluding hydrogens is 202 g/mol. The number of hydrogen-bond acceptors (Lipinski definition) is 4. The van der Waals surface area contributed by atoms with Crippen molar-refractivity contribution in [1.29, 1.82) is 0 Å². The van der Waals surface area contributed by atoms with Crippen LogP contribution in [0.5, 0.6) is 0 Å². The number of nitrogens with two attached hydrogens (primary N) is 1. The Bertz CT molecular complexity index is 305. The number of hydrogen-bond donors (Lipinski definition) is 1. The molecule has 5 nitrogen and oxygen atoms in total. The van der Waals surface area contributed by atoms with Crippen LogP contribution in [0, 0.1) is 0 Å². The summed E-state index contributed by atoms with van der Waals surface area (Å²) in [7, 11) is 4.17. The fourth-order valence-corrected chi connectivity index (χ4v) is 1.75. The molecule has 0 aromatic carbocycles. The molecule has 1 rings (SSSR count). The first-order valence-electron chi connectivity index (χ1n) is 5.95. The van der Waals surface area contributed by atoms with Gasteiger partial charge in [0.05, 0.1) is 11.4 Å². The van der Waals surface area contributed by atoms with E-state index in [0.29, 0.717) is 6.54 Å². The summed E-state index contributed by atoms with van der Waals surface area (Å²) in [5, 5.41) is 8.30. The topological polar surface area (TPSA) is 60.0 Å². The lowest BCUT2D eigenvalue weighted by atomic mass is 10.2. The van der Waals surface area contributed by atoms with E-state index in [1.165, 1.54) is 5.69 Å². The maximum Gasteiger partial charge on any atom is 0.0994 e. The first-order valence-corrected chi connectivity index (χ1v) is 5.95. The summed E-state index contributed by atoms with van der Waals surface area (Å²) < 4.78 is 2.01. The molecule has 92 valence electrons. The van der Waals surface area contributed by atoms with Crippen molar-refractivity contribution in [3.63, 3.8) is 0 Å². The Hall–Kier alpha value is -0.940. The van der Waals surface area contributed by atoms with Crippen LogP contribution in [-0.2, 0) is 19.5 Å². The molecule has 1 aromatic rings. The minimum Gasteiger partial charge on any atom is -0.325 e. The number of nitrogens with zero attached hydrogens (tertiary/aromatic N) is 4. The molecule has 0 unspecified atom stereocenters. The summed E-state index contributed by atoms with van der Waals surface area (Å²) >= 11 is 0. The molecule has 2 N–H and O–H groups in total. The predicted molar refractivity (Wildman–Crippen MR) is 65.1 cm³/mol. The summed E-state index contributed by atoms with van der Waals surface area (Å²) in [5.41, 5.74) is 7.81. The van der Waals surface area contributed by atoms with Gasteiger partial charge in [-0.1, -0.05) is 18.6 Å². The summed E-state index contributed by atoms with van der Waals surface area (Å²) in [4.78, 5) is 2.18. The van der Waals surface area contributed by atoms with Crippen molar-refractivity contribution in [3.8, 4) is 0 Å². The Morgan fingerprint density at radius 2 is 2.12 bits per heavy atom. The van der Waals surface area contributed by atoms with Crippen LogP contribution in [0.2, 0.25) is 0 Å². The van der Waals surface area contributed by atoms with Crippen molar-refractivity contribution in [2.45, 2.75) is 39.3 Å². The molecule has 0 bridgehead atoms. The Kier molecular flexibility index (Phi) is 5.42. The van der Waals surface area contributed by atoms with Gasteiger partial charge >= 0.3 is 0 Å². The second-order valence-corrected chi connectivity index (χ2v) is 4.32. The van der Waals surface area contributed by atoms with Gasteiger partial charge in [0.15, 0.2) is 0 Å². The van der Waals surface area contributed by atoms with Gasteiger partial charge in [-0.15, -0.1) is 5.10 Å². The van der Waals surface area contributed by atoms with Gasteiger partial charge < -0.3 is 10.6 Å². The van der Waals surface area contributed by atoms with Crippen LogP contribution in [0.4, 0.5) is 0 Å². The summed E-state index contributed by atoms with van der Waals surface area (Å²) in [5.74, 6) is 0. The molecule has 1 heterocycles. The van der Waals surface area contributed by atoms with Gasteiger partial charge in [0, 0.05) is 13.1 Å². The lowest BCUT2D eigenvalue weighted by Gasteiger charge is -2.10. The molecular formula is C11H23N5. The summed E-state index contributed by atoms with van der Waals surface area (Å²) in [6, 6.07) is 0. The third-order valence-electron chi connectivity index (χ3n) is 2.57. The minimum atomic E-state index is 0.489. The van der Waals surface area contributed by atoms with Gasteiger partial charge in [-0.3, -0.25) is 0 Å². The molecule has 0 amide bonds. The molecule has 0 saturated heterocycles. The van der Waals surface area contributed by atoms with Crippen LogP contribution in [0.15, 0.2) is 0 Å². The zero-order chi connectivity index (χ0) is 12.0. The van der Waals surface area contributed by atoms with Gasteiger partial charge in [0.25, 0.3) is 0 Å². The molecule has 1 aromatic heterocycles. The number of aryl methyl sites for hydroxylation is 1. The third kappa shape index (κ3) is 3.57. The second kappa shape index (κ2) is 6.60. The second-order valence-electron chi connectivity index (χ2n) is 4.32. The van der Waals surface area contributed by atoms with E-state index in [1.54, 1.807) is 0 Å². The van der Waals surface area contributed by atoms with Crippen molar-refractivity contribution in [1.82, 2.24) is 19.9 Å². The Morgan fingerprint density at radius 3 is 2.69 bits per heavy atom. The minimum absolute atomic E-state index is 0.489. The average Bonchev–Trinajstić information content (AvgIpc) is 2.61. The van der Waals surface area contributed by atoms with Crippen LogP contribution in [-0.4, -0.2) is 40.5 Å². The normalized spacial score (nSPS) is 11.3. The van der Waals surface area contributed by atoms with Gasteiger partial charge in [-0.05, 0) is 33.5 Å². The van der Waals surface area contributed by atoms with Gasteiger partial charge in [-0.25, -0.2) is 4.68 Å². The molecule has 5 heteroatoms. The molecule has 0 aliphatic carbocycles. The zero-order valence-electron chi connectivity index (χ0n) is 10.6. The van der Waals surface area contributed by atoms with Crippen LogP contribution in [0.25, 0.3) is 0 Å². The van der Waals surface area contributed by atoms with E-state index in [4.69, 9.17) is 5.73 Å². The smallest absolute Gasteiger partial charge is 0.0994 e. The van der Waals surface area contributed by atoms with Crippen LogP contribution in [0.1, 0.15) is 31.2 Å². The molecule has 0 aliphatic heterocycles. The fourth-order valence-electron chi connectivity index (χ4n) is 1.75. The Morgan fingerprint density at radius 1 is 1.38 bits per heavy atom. The molecule has 0 saturated carbocycles. The van der Waals surface area contributed by atoms with E-state index in [0.717, 1.165) is 38.0 Å². The van der Waals surface area contributed by atoms with Crippen molar-refractivity contribution in [3.05, 3.63) is 11.4 Å². The molecule has 0 radical (unpaired) electrons. The molecule has 0 spiro atoms. The monoisotopic (exact) mass is 225 g/mol. The van der Waals surface area contributed by atoms with Crippen molar-refractivity contribution in [2.75, 3.05) is 20.6 Å². The lowest BCUT2D eigenvalue weighted by Crippen LogP contribution is -2.16. The predicted octanol–water partition coefficient (Wildman–Crippen LogP) is 0.641. The average molecular weight is 225 g/mol. The quantitative estimate of drug-likeness (QED) is 0.740. The standard InChI is InChI=1S/C11H23N5/c1-4-6-11-10(9-12)13-14-16(11)8-5-7-15(2)3/h4-9,12H2,1-3H3. The van der Waals surface area contributed by atoms with E-state index in [2.05, 4.69) is 36.2 Å². The van der Waals surface area contributed by atoms with E-state index in [9.17, 15) is 0 Å². The maximum atomic E-state index is 5.65. The SMILES string of the molecule is CCCc1c(CN)nnn1CCCN(C)C. The van der Waals surface area contributed by atoms with Crippen LogP contribution < -0.4 is 5.73 Å². The zero-order valence-corrected chi connectivity index (χ0v) is 10.6. The number of rotatable bonds is 7. The third-order valence-corrected chi connectivity index (χ3v) is 2.57. The highest BCUT2D eigenvalue weighted by Gasteiger charge is 2.10. The van der Waals surface area contributed by atoms with Crippen molar-refractivity contribution >= 4 is 0 Å². The molecule has 0 fully saturated rings. The van der Waals surface area contributed by atoms with E-state index >= 15 is 0 Å². The summed E-state index contributed by atoms with van der Waals surface area (Å²) in [6.07, 6.45) is 3.21. The molecule has 0 atom stereocenters.